The van der Waals surface area contributed by atoms with E-state index in [0.717, 1.165) is 31.6 Å². The second kappa shape index (κ2) is 6.93. The van der Waals surface area contributed by atoms with Crippen molar-refractivity contribution in [3.8, 4) is 11.1 Å². The summed E-state index contributed by atoms with van der Waals surface area (Å²) in [7, 11) is 0. The molecule has 0 bridgehead atoms. The molecule has 1 aromatic carbocycles. The monoisotopic (exact) mass is 411 g/mol. The summed E-state index contributed by atoms with van der Waals surface area (Å²) in [5.74, 6) is -0.416. The Kier molecular flexibility index (Phi) is 4.37. The van der Waals surface area contributed by atoms with Gasteiger partial charge in [0.15, 0.2) is 11.5 Å². The van der Waals surface area contributed by atoms with Gasteiger partial charge >= 0.3 is 0 Å². The molecule has 8 heteroatoms. The highest BCUT2D eigenvalue weighted by molar-refractivity contribution is 6.35. The third-order valence-electron chi connectivity index (χ3n) is 5.50. The third-order valence-corrected chi connectivity index (χ3v) is 5.80. The Morgan fingerprint density at radius 2 is 1.97 bits per heavy atom. The van der Waals surface area contributed by atoms with Crippen LogP contribution in [0.1, 0.15) is 24.6 Å². The van der Waals surface area contributed by atoms with Gasteiger partial charge in [-0.2, -0.15) is 0 Å². The highest BCUT2D eigenvalue weighted by Crippen LogP contribution is 2.30. The van der Waals surface area contributed by atoms with Gasteiger partial charge in [0.05, 0.1) is 27.9 Å². The minimum Gasteiger partial charge on any atom is -0.317 e. The number of benzene rings is 1. The molecule has 3 aromatic heterocycles. The number of aryl methyl sites for hydroxylation is 1. The van der Waals surface area contributed by atoms with E-state index in [1.807, 2.05) is 6.92 Å². The molecule has 0 unspecified atom stereocenters. The molecule has 29 heavy (non-hydrogen) atoms. The average Bonchev–Trinajstić information content (AvgIpc) is 3.09. The van der Waals surface area contributed by atoms with Gasteiger partial charge in [0.2, 0.25) is 0 Å². The van der Waals surface area contributed by atoms with Gasteiger partial charge in [0.25, 0.3) is 5.56 Å². The van der Waals surface area contributed by atoms with Crippen molar-refractivity contribution < 1.29 is 4.39 Å². The van der Waals surface area contributed by atoms with E-state index in [-0.39, 0.29) is 17.2 Å². The molecule has 1 aliphatic heterocycles. The van der Waals surface area contributed by atoms with E-state index < -0.39 is 5.82 Å². The molecule has 6 nitrogen and oxygen atoms in total. The Hall–Kier alpha value is -2.77. The van der Waals surface area contributed by atoms with Crippen molar-refractivity contribution in [1.29, 1.82) is 0 Å². The van der Waals surface area contributed by atoms with Gasteiger partial charge in [-0.25, -0.2) is 14.4 Å². The number of halogens is 2. The van der Waals surface area contributed by atoms with E-state index in [0.29, 0.717) is 27.1 Å². The number of fused-ring (bicyclic) bond motifs is 2. The van der Waals surface area contributed by atoms with Crippen molar-refractivity contribution in [2.45, 2.75) is 25.8 Å². The van der Waals surface area contributed by atoms with Crippen LogP contribution < -0.4 is 10.9 Å². The summed E-state index contributed by atoms with van der Waals surface area (Å²) in [6, 6.07) is 5.02. The smallest absolute Gasteiger partial charge is 0.262 e. The van der Waals surface area contributed by atoms with Gasteiger partial charge in [0.1, 0.15) is 0 Å². The van der Waals surface area contributed by atoms with Crippen LogP contribution in [0.2, 0.25) is 5.02 Å². The summed E-state index contributed by atoms with van der Waals surface area (Å²) in [5.41, 5.74) is 2.72. The summed E-state index contributed by atoms with van der Waals surface area (Å²) in [6.45, 7) is 3.57. The number of nitrogens with zero attached hydrogens (tertiary/aromatic N) is 4. The minimum absolute atomic E-state index is 0.123. The fraction of sp³-hybridized carbons (Fsp3) is 0.286. The molecular weight excluding hydrogens is 393 g/mol. The van der Waals surface area contributed by atoms with Crippen molar-refractivity contribution in [2.75, 3.05) is 13.1 Å². The van der Waals surface area contributed by atoms with Gasteiger partial charge in [-0.15, -0.1) is 0 Å². The number of piperidine rings is 1. The van der Waals surface area contributed by atoms with Gasteiger partial charge in [-0.05, 0) is 56.6 Å². The van der Waals surface area contributed by atoms with E-state index in [9.17, 15) is 9.18 Å². The van der Waals surface area contributed by atoms with Crippen LogP contribution in [-0.2, 0) is 0 Å². The van der Waals surface area contributed by atoms with Crippen LogP contribution in [0, 0.1) is 12.7 Å². The number of aromatic nitrogens is 4. The average molecular weight is 412 g/mol. The minimum atomic E-state index is -0.416. The number of imidazole rings is 1. The first-order valence-corrected chi connectivity index (χ1v) is 9.95. The zero-order valence-corrected chi connectivity index (χ0v) is 16.6. The second-order valence-electron chi connectivity index (χ2n) is 7.48. The molecular formula is C21H19ClFN5O. The lowest BCUT2D eigenvalue weighted by Gasteiger charge is -2.24. The van der Waals surface area contributed by atoms with E-state index >= 15 is 0 Å². The highest BCUT2D eigenvalue weighted by atomic mass is 35.5. The molecule has 1 saturated heterocycles. The van der Waals surface area contributed by atoms with Gasteiger partial charge in [-0.1, -0.05) is 11.6 Å². The van der Waals surface area contributed by atoms with Gasteiger partial charge in [-0.3, -0.25) is 9.36 Å². The molecule has 148 valence electrons. The molecule has 0 spiro atoms. The molecule has 0 radical (unpaired) electrons. The van der Waals surface area contributed by atoms with E-state index in [2.05, 4.69) is 15.3 Å². The highest BCUT2D eigenvalue weighted by Gasteiger charge is 2.19. The van der Waals surface area contributed by atoms with E-state index in [1.165, 1.54) is 6.07 Å². The van der Waals surface area contributed by atoms with Crippen LogP contribution in [-0.4, -0.2) is 32.0 Å². The first kappa shape index (κ1) is 18.3. The molecule has 4 heterocycles. The number of hydrogen-bond donors (Lipinski definition) is 1. The van der Waals surface area contributed by atoms with Crippen molar-refractivity contribution in [1.82, 2.24) is 24.3 Å². The van der Waals surface area contributed by atoms with Crippen molar-refractivity contribution >= 4 is 28.2 Å². The zero-order chi connectivity index (χ0) is 20.1. The fourth-order valence-electron chi connectivity index (χ4n) is 4.06. The quantitative estimate of drug-likeness (QED) is 0.545. The molecule has 0 atom stereocenters. The second-order valence-corrected chi connectivity index (χ2v) is 7.89. The molecule has 0 amide bonds. The Balaban J connectivity index is 1.64. The lowest BCUT2D eigenvalue weighted by Crippen LogP contribution is -2.34. The van der Waals surface area contributed by atoms with Crippen LogP contribution in [0.15, 0.2) is 41.7 Å². The number of rotatable bonds is 2. The van der Waals surface area contributed by atoms with Crippen molar-refractivity contribution in [3.05, 3.63) is 63.8 Å². The normalized spacial score (nSPS) is 15.4. The lowest BCUT2D eigenvalue weighted by molar-refractivity contribution is 0.359. The largest absolute Gasteiger partial charge is 0.317 e. The van der Waals surface area contributed by atoms with Crippen molar-refractivity contribution in [3.63, 3.8) is 0 Å². The summed E-state index contributed by atoms with van der Waals surface area (Å²) in [6.07, 6.45) is 6.93. The van der Waals surface area contributed by atoms with Crippen LogP contribution >= 0.6 is 11.6 Å². The lowest BCUT2D eigenvalue weighted by atomic mass is 10.0. The van der Waals surface area contributed by atoms with Gasteiger partial charge < -0.3 is 9.72 Å². The van der Waals surface area contributed by atoms with Crippen LogP contribution in [0.25, 0.3) is 27.7 Å². The Morgan fingerprint density at radius 1 is 1.17 bits per heavy atom. The molecule has 4 aromatic rings. The first-order chi connectivity index (χ1) is 14.0. The predicted octanol–water partition coefficient (Wildman–Crippen LogP) is 3.74. The number of hydrogen-bond acceptors (Lipinski definition) is 4. The number of pyridine rings is 1. The zero-order valence-electron chi connectivity index (χ0n) is 15.8. The predicted molar refractivity (Wildman–Crippen MR) is 111 cm³/mol. The first-order valence-electron chi connectivity index (χ1n) is 9.57. The maximum Gasteiger partial charge on any atom is 0.262 e. The summed E-state index contributed by atoms with van der Waals surface area (Å²) >= 11 is 6.51. The molecule has 0 saturated carbocycles. The fourth-order valence-corrected chi connectivity index (χ4v) is 4.36. The van der Waals surface area contributed by atoms with E-state index in [1.54, 1.807) is 39.8 Å². The van der Waals surface area contributed by atoms with Crippen LogP contribution in [0.5, 0.6) is 0 Å². The summed E-state index contributed by atoms with van der Waals surface area (Å²) in [4.78, 5) is 21.8. The van der Waals surface area contributed by atoms with Crippen molar-refractivity contribution in [2.24, 2.45) is 0 Å². The molecule has 5 rings (SSSR count). The molecule has 1 aliphatic rings. The topological polar surface area (TPSA) is 64.2 Å². The SMILES string of the molecule is Cc1cn2cc(-c3cc(Cl)c4c(=O)n(C5CCNCC5)cnc4c3)cc(F)c2n1. The van der Waals surface area contributed by atoms with Crippen LogP contribution in [0.4, 0.5) is 4.39 Å². The Morgan fingerprint density at radius 3 is 2.76 bits per heavy atom. The Labute approximate surface area is 171 Å². The molecule has 1 fully saturated rings. The van der Waals surface area contributed by atoms with Gasteiger partial charge in [0, 0.05) is 24.0 Å². The standard InChI is InChI=1S/C21H19ClFN5O/c1-12-9-27-10-14(7-17(23)20(27)26-12)13-6-16(22)19-18(8-13)25-11-28(21(19)29)15-2-4-24-5-3-15/h6-11,15,24H,2-5H2,1H3. The van der Waals surface area contributed by atoms with Crippen LogP contribution in [0.3, 0.4) is 0 Å². The van der Waals surface area contributed by atoms with E-state index in [4.69, 9.17) is 11.6 Å². The summed E-state index contributed by atoms with van der Waals surface area (Å²) in [5, 5.41) is 4.02. The molecule has 1 N–H and O–H groups in total. The number of nitrogens with one attached hydrogen (secondary N) is 1. The third kappa shape index (κ3) is 3.10. The maximum atomic E-state index is 14.5. The summed E-state index contributed by atoms with van der Waals surface area (Å²) < 4.78 is 17.8. The maximum absolute atomic E-state index is 14.5. The Bertz CT molecular complexity index is 1310. The molecule has 0 aliphatic carbocycles.